The summed E-state index contributed by atoms with van der Waals surface area (Å²) in [5.74, 6) is 4.85. The van der Waals surface area contributed by atoms with E-state index in [1.807, 2.05) is 0 Å². The van der Waals surface area contributed by atoms with Crippen LogP contribution in [0.5, 0.6) is 0 Å². The smallest absolute Gasteiger partial charge is 0.297 e. The number of halogens is 4. The fourth-order valence-corrected chi connectivity index (χ4v) is 1.37. The van der Waals surface area contributed by atoms with Crippen LogP contribution in [-0.4, -0.2) is 0 Å². The number of benzene rings is 1. The minimum absolute atomic E-state index is 0.0234. The summed E-state index contributed by atoms with van der Waals surface area (Å²) in [7, 11) is 0. The Morgan fingerprint density at radius 1 is 1.40 bits per heavy atom. The Morgan fingerprint density at radius 2 is 2.00 bits per heavy atom. The SMILES string of the molecule is CC(ON)c1ccc(Cl)cc1C(F)(F)F. The number of alkyl halides is 3. The molecule has 0 aliphatic rings. The van der Waals surface area contributed by atoms with Crippen LogP contribution in [0.15, 0.2) is 18.2 Å². The summed E-state index contributed by atoms with van der Waals surface area (Å²) in [6.07, 6.45) is -5.30. The largest absolute Gasteiger partial charge is 0.416 e. The lowest BCUT2D eigenvalue weighted by Gasteiger charge is -2.16. The summed E-state index contributed by atoms with van der Waals surface area (Å²) in [6, 6.07) is 3.47. The molecule has 0 heterocycles. The number of hydrogen-bond acceptors (Lipinski definition) is 2. The van der Waals surface area contributed by atoms with Crippen LogP contribution in [0, 0.1) is 0 Å². The molecule has 0 saturated carbocycles. The van der Waals surface area contributed by atoms with Gasteiger partial charge in [0.05, 0.1) is 5.56 Å². The number of rotatable bonds is 2. The highest BCUT2D eigenvalue weighted by Gasteiger charge is 2.34. The molecule has 0 aromatic heterocycles. The van der Waals surface area contributed by atoms with E-state index in [4.69, 9.17) is 17.5 Å². The first kappa shape index (κ1) is 12.3. The first-order chi connectivity index (χ1) is 6.86. The van der Waals surface area contributed by atoms with Crippen molar-refractivity contribution in [2.24, 2.45) is 5.90 Å². The molecule has 0 radical (unpaired) electrons. The summed E-state index contributed by atoms with van der Waals surface area (Å²) < 4.78 is 37.7. The maximum absolute atomic E-state index is 12.6. The molecule has 0 spiro atoms. The van der Waals surface area contributed by atoms with Gasteiger partial charge in [-0.1, -0.05) is 17.7 Å². The van der Waals surface area contributed by atoms with Crippen LogP contribution >= 0.6 is 11.6 Å². The lowest BCUT2D eigenvalue weighted by Crippen LogP contribution is -2.14. The molecular formula is C9H9ClF3NO. The zero-order valence-electron chi connectivity index (χ0n) is 7.81. The maximum Gasteiger partial charge on any atom is 0.416 e. The van der Waals surface area contributed by atoms with Gasteiger partial charge in [0.15, 0.2) is 0 Å². The average Bonchev–Trinajstić information content (AvgIpc) is 2.15. The molecule has 2 N–H and O–H groups in total. The summed E-state index contributed by atoms with van der Waals surface area (Å²) in [6.45, 7) is 1.43. The minimum Gasteiger partial charge on any atom is -0.297 e. The number of nitrogens with two attached hydrogens (primary N) is 1. The second-order valence-electron chi connectivity index (χ2n) is 3.01. The average molecular weight is 240 g/mol. The summed E-state index contributed by atoms with van der Waals surface area (Å²) in [5.41, 5.74) is -0.859. The van der Waals surface area contributed by atoms with Crippen molar-refractivity contribution in [3.8, 4) is 0 Å². The summed E-state index contributed by atoms with van der Waals surface area (Å²) in [5, 5.41) is 0.0234. The first-order valence-electron chi connectivity index (χ1n) is 4.08. The van der Waals surface area contributed by atoms with Crippen molar-refractivity contribution in [3.63, 3.8) is 0 Å². The zero-order chi connectivity index (χ0) is 11.6. The second kappa shape index (κ2) is 4.38. The van der Waals surface area contributed by atoms with Crippen molar-refractivity contribution in [1.82, 2.24) is 0 Å². The van der Waals surface area contributed by atoms with Gasteiger partial charge in [-0.05, 0) is 24.6 Å². The van der Waals surface area contributed by atoms with Gasteiger partial charge in [-0.2, -0.15) is 13.2 Å². The van der Waals surface area contributed by atoms with E-state index < -0.39 is 17.8 Å². The second-order valence-corrected chi connectivity index (χ2v) is 3.44. The van der Waals surface area contributed by atoms with Crippen molar-refractivity contribution >= 4 is 11.6 Å². The van der Waals surface area contributed by atoms with Gasteiger partial charge in [-0.15, -0.1) is 0 Å². The molecule has 84 valence electrons. The van der Waals surface area contributed by atoms with Crippen LogP contribution in [0.1, 0.15) is 24.2 Å². The molecule has 0 aliphatic heterocycles. The summed E-state index contributed by atoms with van der Waals surface area (Å²) >= 11 is 5.50. The third kappa shape index (κ3) is 2.84. The van der Waals surface area contributed by atoms with E-state index in [1.54, 1.807) is 0 Å². The predicted octanol–water partition coefficient (Wildman–Crippen LogP) is 3.31. The highest BCUT2D eigenvalue weighted by molar-refractivity contribution is 6.30. The van der Waals surface area contributed by atoms with E-state index in [1.165, 1.54) is 19.1 Å². The van der Waals surface area contributed by atoms with Crippen molar-refractivity contribution in [2.45, 2.75) is 19.2 Å². The Labute approximate surface area is 89.7 Å². The Kier molecular flexibility index (Phi) is 3.59. The molecule has 1 atom stereocenters. The molecule has 1 aromatic rings. The van der Waals surface area contributed by atoms with Gasteiger partial charge in [0.2, 0.25) is 0 Å². The standard InChI is InChI=1S/C9H9ClF3NO/c1-5(15-14)7-3-2-6(10)4-8(7)9(11,12)13/h2-5H,14H2,1H3. The van der Waals surface area contributed by atoms with Crippen molar-refractivity contribution < 1.29 is 18.0 Å². The molecule has 1 rings (SSSR count). The molecule has 1 aromatic carbocycles. The third-order valence-electron chi connectivity index (χ3n) is 1.96. The molecule has 0 bridgehead atoms. The van der Waals surface area contributed by atoms with E-state index in [2.05, 4.69) is 4.84 Å². The normalized spacial score (nSPS) is 14.0. The van der Waals surface area contributed by atoms with Gasteiger partial charge in [0.25, 0.3) is 0 Å². The Bertz CT molecular complexity index is 354. The van der Waals surface area contributed by atoms with Crippen LogP contribution in [0.4, 0.5) is 13.2 Å². The van der Waals surface area contributed by atoms with E-state index >= 15 is 0 Å². The molecule has 0 aliphatic carbocycles. The molecule has 6 heteroatoms. The zero-order valence-corrected chi connectivity index (χ0v) is 8.56. The lowest BCUT2D eigenvalue weighted by molar-refractivity contribution is -0.139. The van der Waals surface area contributed by atoms with Gasteiger partial charge in [-0.25, -0.2) is 5.90 Å². The quantitative estimate of drug-likeness (QED) is 0.804. The third-order valence-corrected chi connectivity index (χ3v) is 2.20. The van der Waals surface area contributed by atoms with Crippen LogP contribution in [0.25, 0.3) is 0 Å². The van der Waals surface area contributed by atoms with Crippen LogP contribution in [0.2, 0.25) is 5.02 Å². The van der Waals surface area contributed by atoms with Gasteiger partial charge in [-0.3, -0.25) is 4.84 Å². The highest BCUT2D eigenvalue weighted by atomic mass is 35.5. The fraction of sp³-hybridized carbons (Fsp3) is 0.333. The molecule has 0 saturated heterocycles. The van der Waals surface area contributed by atoms with Gasteiger partial charge >= 0.3 is 6.18 Å². The van der Waals surface area contributed by atoms with Crippen LogP contribution in [0.3, 0.4) is 0 Å². The molecule has 1 unspecified atom stereocenters. The minimum atomic E-state index is -4.47. The molecule has 15 heavy (non-hydrogen) atoms. The molecule has 0 amide bonds. The van der Waals surface area contributed by atoms with Crippen LogP contribution < -0.4 is 5.90 Å². The van der Waals surface area contributed by atoms with E-state index in [9.17, 15) is 13.2 Å². The van der Waals surface area contributed by atoms with E-state index in [0.29, 0.717) is 0 Å². The number of hydrogen-bond donors (Lipinski definition) is 1. The van der Waals surface area contributed by atoms with E-state index in [-0.39, 0.29) is 10.6 Å². The molecule has 0 fully saturated rings. The van der Waals surface area contributed by atoms with Gasteiger partial charge < -0.3 is 0 Å². The van der Waals surface area contributed by atoms with E-state index in [0.717, 1.165) is 6.07 Å². The predicted molar refractivity (Wildman–Crippen MR) is 50.1 cm³/mol. The van der Waals surface area contributed by atoms with Crippen molar-refractivity contribution in [3.05, 3.63) is 34.3 Å². The topological polar surface area (TPSA) is 35.2 Å². The molecular weight excluding hydrogens is 231 g/mol. The van der Waals surface area contributed by atoms with Crippen molar-refractivity contribution in [1.29, 1.82) is 0 Å². The monoisotopic (exact) mass is 239 g/mol. The molecule has 2 nitrogen and oxygen atoms in total. The first-order valence-corrected chi connectivity index (χ1v) is 4.46. The highest BCUT2D eigenvalue weighted by Crippen LogP contribution is 2.36. The maximum atomic E-state index is 12.6. The van der Waals surface area contributed by atoms with Crippen LogP contribution in [-0.2, 0) is 11.0 Å². The van der Waals surface area contributed by atoms with Crippen molar-refractivity contribution in [2.75, 3.05) is 0 Å². The fourth-order valence-electron chi connectivity index (χ4n) is 1.20. The summed E-state index contributed by atoms with van der Waals surface area (Å²) in [4.78, 5) is 4.37. The lowest BCUT2D eigenvalue weighted by atomic mass is 10.0. The van der Waals surface area contributed by atoms with Gasteiger partial charge in [0.1, 0.15) is 6.10 Å². The Hall–Kier alpha value is -0.780. The Balaban J connectivity index is 3.27. The van der Waals surface area contributed by atoms with Gasteiger partial charge in [0, 0.05) is 5.02 Å². The Morgan fingerprint density at radius 3 is 2.47 bits per heavy atom.